The molecule has 7 nitrogen and oxygen atoms in total. The second-order valence-corrected chi connectivity index (χ2v) is 6.44. The van der Waals surface area contributed by atoms with E-state index in [1.165, 1.54) is 14.2 Å². The van der Waals surface area contributed by atoms with Gasteiger partial charge in [0.2, 0.25) is 5.91 Å². The van der Waals surface area contributed by atoms with Gasteiger partial charge in [0.05, 0.1) is 27.0 Å². The number of methoxy groups -OCH3 is 3. The van der Waals surface area contributed by atoms with Crippen molar-refractivity contribution >= 4 is 23.2 Å². The maximum absolute atomic E-state index is 12.7. The number of amides is 2. The van der Waals surface area contributed by atoms with E-state index in [0.717, 1.165) is 12.8 Å². The Bertz CT molecular complexity index is 859. The lowest BCUT2D eigenvalue weighted by Gasteiger charge is -2.28. The first-order chi connectivity index (χ1) is 13.5. The molecule has 28 heavy (non-hydrogen) atoms. The summed E-state index contributed by atoms with van der Waals surface area (Å²) in [6.07, 6.45) is 2.35. The number of carbonyl (C=O) groups is 2. The van der Waals surface area contributed by atoms with Crippen molar-refractivity contribution in [3.63, 3.8) is 0 Å². The molecule has 0 bridgehead atoms. The summed E-state index contributed by atoms with van der Waals surface area (Å²) >= 11 is 0. The van der Waals surface area contributed by atoms with Crippen LogP contribution >= 0.6 is 0 Å². The highest BCUT2D eigenvalue weighted by molar-refractivity contribution is 6.05. The van der Waals surface area contributed by atoms with E-state index in [1.807, 2.05) is 0 Å². The summed E-state index contributed by atoms with van der Waals surface area (Å²) in [4.78, 5) is 26.8. The molecule has 0 saturated carbocycles. The van der Waals surface area contributed by atoms with Crippen LogP contribution in [0.2, 0.25) is 0 Å². The second kappa shape index (κ2) is 8.65. The largest absolute Gasteiger partial charge is 0.497 e. The number of carbonyl (C=O) groups excluding carboxylic acids is 2. The Morgan fingerprint density at radius 1 is 0.964 bits per heavy atom. The van der Waals surface area contributed by atoms with Gasteiger partial charge in [0.25, 0.3) is 5.91 Å². The average Bonchev–Trinajstić information content (AvgIpc) is 2.73. The molecule has 1 heterocycles. The third-order valence-electron chi connectivity index (χ3n) is 4.66. The van der Waals surface area contributed by atoms with E-state index in [4.69, 9.17) is 14.2 Å². The van der Waals surface area contributed by atoms with Gasteiger partial charge in [0.15, 0.2) is 0 Å². The fourth-order valence-electron chi connectivity index (χ4n) is 3.18. The predicted molar refractivity (Wildman–Crippen MR) is 107 cm³/mol. The molecule has 1 N–H and O–H groups in total. The third-order valence-corrected chi connectivity index (χ3v) is 4.66. The molecule has 148 valence electrons. The Balaban J connectivity index is 1.87. The van der Waals surface area contributed by atoms with Gasteiger partial charge in [-0.25, -0.2) is 0 Å². The maximum atomic E-state index is 12.7. The van der Waals surface area contributed by atoms with E-state index >= 15 is 0 Å². The zero-order valence-electron chi connectivity index (χ0n) is 16.3. The lowest BCUT2D eigenvalue weighted by Crippen LogP contribution is -2.35. The number of hydrogen-bond acceptors (Lipinski definition) is 5. The lowest BCUT2D eigenvalue weighted by atomic mass is 10.1. The molecule has 1 aliphatic rings. The van der Waals surface area contributed by atoms with Crippen molar-refractivity contribution in [1.82, 2.24) is 0 Å². The summed E-state index contributed by atoms with van der Waals surface area (Å²) in [7, 11) is 4.62. The van der Waals surface area contributed by atoms with Crippen molar-refractivity contribution < 1.29 is 23.8 Å². The standard InChI is InChI=1S/C21H24N2O5/c1-26-16-10-14(11-17(13-16)27-2)21(25)22-15-7-8-19(28-3)18(12-15)23-9-5-4-6-20(23)24/h7-8,10-13H,4-6,9H2,1-3H3,(H,22,25). The molecule has 7 heteroatoms. The highest BCUT2D eigenvalue weighted by Gasteiger charge is 2.23. The summed E-state index contributed by atoms with van der Waals surface area (Å²) in [6.45, 7) is 0.639. The van der Waals surface area contributed by atoms with Gasteiger partial charge in [0, 0.05) is 30.3 Å². The molecule has 0 aromatic heterocycles. The topological polar surface area (TPSA) is 77.1 Å². The first-order valence-electron chi connectivity index (χ1n) is 9.08. The maximum Gasteiger partial charge on any atom is 0.255 e. The molecule has 3 rings (SSSR count). The minimum Gasteiger partial charge on any atom is -0.497 e. The highest BCUT2D eigenvalue weighted by Crippen LogP contribution is 2.34. The van der Waals surface area contributed by atoms with Crippen LogP contribution in [0.15, 0.2) is 36.4 Å². The number of benzene rings is 2. The van der Waals surface area contributed by atoms with Crippen molar-refractivity contribution in [2.75, 3.05) is 38.1 Å². The number of hydrogen-bond donors (Lipinski definition) is 1. The smallest absolute Gasteiger partial charge is 0.255 e. The van der Waals surface area contributed by atoms with Crippen LogP contribution in [0.4, 0.5) is 11.4 Å². The third kappa shape index (κ3) is 4.19. The molecule has 0 unspecified atom stereocenters. The minimum atomic E-state index is -0.307. The zero-order valence-corrected chi connectivity index (χ0v) is 16.3. The summed E-state index contributed by atoms with van der Waals surface area (Å²) in [5, 5.41) is 2.86. The second-order valence-electron chi connectivity index (χ2n) is 6.44. The van der Waals surface area contributed by atoms with Gasteiger partial charge in [-0.2, -0.15) is 0 Å². The van der Waals surface area contributed by atoms with Crippen LogP contribution in [0, 0.1) is 0 Å². The first kappa shape index (κ1) is 19.5. The summed E-state index contributed by atoms with van der Waals surface area (Å²) in [5.74, 6) is 1.40. The van der Waals surface area contributed by atoms with Crippen molar-refractivity contribution in [3.8, 4) is 17.2 Å². The van der Waals surface area contributed by atoms with Gasteiger partial charge in [-0.15, -0.1) is 0 Å². The van der Waals surface area contributed by atoms with Crippen molar-refractivity contribution in [2.45, 2.75) is 19.3 Å². The number of anilines is 2. The van der Waals surface area contributed by atoms with Gasteiger partial charge in [-0.3, -0.25) is 9.59 Å². The molecule has 0 radical (unpaired) electrons. The molecular weight excluding hydrogens is 360 g/mol. The van der Waals surface area contributed by atoms with Gasteiger partial charge < -0.3 is 24.4 Å². The van der Waals surface area contributed by atoms with E-state index in [2.05, 4.69) is 5.32 Å². The number of ether oxygens (including phenoxy) is 3. The monoisotopic (exact) mass is 384 g/mol. The van der Waals surface area contributed by atoms with E-state index in [9.17, 15) is 9.59 Å². The van der Waals surface area contributed by atoms with E-state index in [0.29, 0.717) is 47.2 Å². The van der Waals surface area contributed by atoms with Gasteiger partial charge in [-0.05, 0) is 43.2 Å². The normalized spacial score (nSPS) is 13.8. The van der Waals surface area contributed by atoms with E-state index in [-0.39, 0.29) is 11.8 Å². The van der Waals surface area contributed by atoms with E-state index in [1.54, 1.807) is 48.4 Å². The van der Waals surface area contributed by atoms with Crippen molar-refractivity contribution in [3.05, 3.63) is 42.0 Å². The number of nitrogens with zero attached hydrogens (tertiary/aromatic N) is 1. The Morgan fingerprint density at radius 3 is 2.29 bits per heavy atom. The van der Waals surface area contributed by atoms with Crippen molar-refractivity contribution in [1.29, 1.82) is 0 Å². The molecule has 1 fully saturated rings. The number of piperidine rings is 1. The first-order valence-corrected chi connectivity index (χ1v) is 9.08. The highest BCUT2D eigenvalue weighted by atomic mass is 16.5. The van der Waals surface area contributed by atoms with Crippen molar-refractivity contribution in [2.24, 2.45) is 0 Å². The van der Waals surface area contributed by atoms with Gasteiger partial charge in [0.1, 0.15) is 17.2 Å². The Kier molecular flexibility index (Phi) is 6.03. The summed E-state index contributed by atoms with van der Waals surface area (Å²) in [6, 6.07) is 10.2. The molecule has 2 aromatic rings. The molecule has 2 amide bonds. The van der Waals surface area contributed by atoms with Crippen LogP contribution in [0.1, 0.15) is 29.6 Å². The molecule has 2 aromatic carbocycles. The molecule has 1 saturated heterocycles. The van der Waals surface area contributed by atoms with Gasteiger partial charge in [-0.1, -0.05) is 0 Å². The SMILES string of the molecule is COc1cc(OC)cc(C(=O)Nc2ccc(OC)c(N3CCCCC3=O)c2)c1. The number of nitrogens with one attached hydrogen (secondary N) is 1. The number of rotatable bonds is 6. The molecule has 0 aliphatic carbocycles. The quantitative estimate of drug-likeness (QED) is 0.825. The molecule has 0 atom stereocenters. The summed E-state index contributed by atoms with van der Waals surface area (Å²) in [5.41, 5.74) is 1.64. The molecule has 0 spiro atoms. The Morgan fingerprint density at radius 2 is 1.68 bits per heavy atom. The zero-order chi connectivity index (χ0) is 20.1. The van der Waals surface area contributed by atoms with Crippen LogP contribution in [0.3, 0.4) is 0 Å². The Labute approximate surface area is 164 Å². The molecule has 1 aliphatic heterocycles. The lowest BCUT2D eigenvalue weighted by molar-refractivity contribution is -0.119. The predicted octanol–water partition coefficient (Wildman–Crippen LogP) is 3.48. The van der Waals surface area contributed by atoms with Crippen LogP contribution in [0.25, 0.3) is 0 Å². The Hall–Kier alpha value is -3.22. The van der Waals surface area contributed by atoms with E-state index < -0.39 is 0 Å². The van der Waals surface area contributed by atoms with Gasteiger partial charge >= 0.3 is 0 Å². The van der Waals surface area contributed by atoms with Crippen LogP contribution in [-0.2, 0) is 4.79 Å². The van der Waals surface area contributed by atoms with Crippen LogP contribution in [0.5, 0.6) is 17.2 Å². The van der Waals surface area contributed by atoms with Crippen LogP contribution in [-0.4, -0.2) is 39.7 Å². The summed E-state index contributed by atoms with van der Waals surface area (Å²) < 4.78 is 15.8. The molecular formula is C21H24N2O5. The minimum absolute atomic E-state index is 0.0607. The fraction of sp³-hybridized carbons (Fsp3) is 0.333. The van der Waals surface area contributed by atoms with Crippen LogP contribution < -0.4 is 24.4 Å². The average molecular weight is 384 g/mol. The fourth-order valence-corrected chi connectivity index (χ4v) is 3.18.